The van der Waals surface area contributed by atoms with Gasteiger partial charge in [0, 0.05) is 30.1 Å². The molecule has 2 aromatic rings. The van der Waals surface area contributed by atoms with Crippen LogP contribution in [0.4, 0.5) is 5.69 Å². The van der Waals surface area contributed by atoms with E-state index in [2.05, 4.69) is 33.9 Å². The van der Waals surface area contributed by atoms with Crippen molar-refractivity contribution < 1.29 is 19.5 Å². The molecule has 3 aliphatic heterocycles. The number of fused-ring (bicyclic) bond motifs is 1. The van der Waals surface area contributed by atoms with E-state index in [-0.39, 0.29) is 36.8 Å². The van der Waals surface area contributed by atoms with Crippen molar-refractivity contribution in [2.24, 2.45) is 17.8 Å². The fraction of sp³-hybridized carbons (Fsp3) is 0.500. The lowest BCUT2D eigenvalue weighted by atomic mass is 9.66. The van der Waals surface area contributed by atoms with Crippen LogP contribution in [0.25, 0.3) is 0 Å². The number of aliphatic hydroxyl groups is 1. The summed E-state index contributed by atoms with van der Waals surface area (Å²) in [6, 6.07) is 14.5. The minimum absolute atomic E-state index is 0.0752. The Balaban J connectivity index is 1.63. The number of aliphatic hydroxyl groups excluding tert-OH is 1. The Morgan fingerprint density at radius 3 is 2.26 bits per heavy atom. The Morgan fingerprint density at radius 2 is 1.67 bits per heavy atom. The number of hydrogen-bond donors (Lipinski definition) is 1. The van der Waals surface area contributed by atoms with E-state index in [4.69, 9.17) is 0 Å². The maximum absolute atomic E-state index is 15.2. The number of carbonyl (C=O) groups excluding carboxylic acids is 3. The highest BCUT2D eigenvalue weighted by Crippen LogP contribution is 2.72. The van der Waals surface area contributed by atoms with E-state index in [0.717, 1.165) is 28.8 Å². The van der Waals surface area contributed by atoms with Crippen LogP contribution in [0.3, 0.4) is 0 Å². The number of anilines is 1. The number of carbonyl (C=O) groups is 3. The zero-order chi connectivity index (χ0) is 33.4. The molecule has 46 heavy (non-hydrogen) atoms. The maximum atomic E-state index is 15.2. The Morgan fingerprint density at radius 1 is 1.02 bits per heavy atom. The summed E-state index contributed by atoms with van der Waals surface area (Å²) in [5.41, 5.74) is 3.75. The van der Waals surface area contributed by atoms with E-state index in [1.54, 1.807) is 38.6 Å². The molecule has 3 saturated heterocycles. The van der Waals surface area contributed by atoms with Crippen LogP contribution in [0.5, 0.6) is 0 Å². The van der Waals surface area contributed by atoms with Crippen LogP contribution in [0.2, 0.25) is 0 Å². The largest absolute Gasteiger partial charge is 0.394 e. The van der Waals surface area contributed by atoms with Crippen molar-refractivity contribution in [1.82, 2.24) is 9.80 Å². The third-order valence-electron chi connectivity index (χ3n) is 10.2. The summed E-state index contributed by atoms with van der Waals surface area (Å²) < 4.78 is -1.30. The molecule has 0 aromatic heterocycles. The van der Waals surface area contributed by atoms with E-state index in [1.807, 2.05) is 62.4 Å². The van der Waals surface area contributed by atoms with Gasteiger partial charge in [-0.25, -0.2) is 0 Å². The van der Waals surface area contributed by atoms with Crippen molar-refractivity contribution in [3.05, 3.63) is 90.5 Å². The van der Waals surface area contributed by atoms with E-state index in [0.29, 0.717) is 25.9 Å². The van der Waals surface area contributed by atoms with Crippen molar-refractivity contribution in [3.8, 4) is 0 Å². The molecule has 6 atom stereocenters. The number of rotatable bonds is 13. The molecule has 1 N–H and O–H groups in total. The van der Waals surface area contributed by atoms with E-state index < -0.39 is 33.4 Å². The number of benzene rings is 2. The lowest BCUT2D eigenvalue weighted by molar-refractivity contribution is -0.147. The summed E-state index contributed by atoms with van der Waals surface area (Å²) in [6.07, 6.45) is 5.38. The van der Waals surface area contributed by atoms with Crippen LogP contribution >= 0.6 is 11.8 Å². The molecule has 0 radical (unpaired) electrons. The molecule has 2 bridgehead atoms. The summed E-state index contributed by atoms with van der Waals surface area (Å²) in [5, 5.41) is 10.8. The number of hydrogen-bond acceptors (Lipinski definition) is 5. The quantitative estimate of drug-likeness (QED) is 0.274. The SMILES string of the molecule is C=CCN(Cc1ccccc1)C(=O)[C@@H]1[C@H]2C(=O)N([C@@H](CO)CC(C)C)C(C(=O)N(CC=C)c3c(C)cccc3C)C23CC[C@@]1(C)S3. The fourth-order valence-electron chi connectivity index (χ4n) is 8.42. The molecule has 3 aliphatic rings. The van der Waals surface area contributed by atoms with Gasteiger partial charge in [-0.05, 0) is 62.6 Å². The number of nitrogens with zero attached hydrogens (tertiary/aromatic N) is 3. The van der Waals surface area contributed by atoms with E-state index >= 15 is 4.79 Å². The lowest BCUT2D eigenvalue weighted by Gasteiger charge is -2.40. The van der Waals surface area contributed by atoms with Crippen molar-refractivity contribution in [3.63, 3.8) is 0 Å². The predicted molar refractivity (Wildman–Crippen MR) is 186 cm³/mol. The van der Waals surface area contributed by atoms with Gasteiger partial charge in [0.15, 0.2) is 0 Å². The first-order chi connectivity index (χ1) is 21.9. The number of thioether (sulfide) groups is 1. The third kappa shape index (κ3) is 5.72. The monoisotopic (exact) mass is 643 g/mol. The van der Waals surface area contributed by atoms with Gasteiger partial charge in [-0.3, -0.25) is 14.4 Å². The molecule has 3 heterocycles. The van der Waals surface area contributed by atoms with Gasteiger partial charge < -0.3 is 19.8 Å². The van der Waals surface area contributed by atoms with Crippen molar-refractivity contribution in [2.45, 2.75) is 82.0 Å². The molecule has 2 aromatic carbocycles. The van der Waals surface area contributed by atoms with Gasteiger partial charge in [-0.15, -0.1) is 24.9 Å². The molecule has 7 nitrogen and oxygen atoms in total. The number of para-hydroxylation sites is 1. The van der Waals surface area contributed by atoms with E-state index in [1.165, 1.54) is 0 Å². The first-order valence-corrected chi connectivity index (χ1v) is 17.3. The third-order valence-corrected chi connectivity index (χ3v) is 12.2. The van der Waals surface area contributed by atoms with Crippen molar-refractivity contribution in [1.29, 1.82) is 0 Å². The minimum Gasteiger partial charge on any atom is -0.394 e. The van der Waals surface area contributed by atoms with Gasteiger partial charge in [-0.1, -0.05) is 74.5 Å². The van der Waals surface area contributed by atoms with Gasteiger partial charge in [0.05, 0.1) is 29.2 Å². The van der Waals surface area contributed by atoms with Crippen molar-refractivity contribution in [2.75, 3.05) is 24.6 Å². The maximum Gasteiger partial charge on any atom is 0.251 e. The molecule has 8 heteroatoms. The van der Waals surface area contributed by atoms with Crippen LogP contribution in [0.15, 0.2) is 73.8 Å². The summed E-state index contributed by atoms with van der Waals surface area (Å²) in [4.78, 5) is 50.1. The molecular formula is C38H49N3O4S. The zero-order valence-corrected chi connectivity index (χ0v) is 28.8. The molecule has 3 fully saturated rings. The average Bonchev–Trinajstić information content (AvgIpc) is 3.59. The second-order valence-electron chi connectivity index (χ2n) is 13.9. The molecule has 5 rings (SSSR count). The predicted octanol–water partition coefficient (Wildman–Crippen LogP) is 5.93. The van der Waals surface area contributed by atoms with Crippen LogP contribution in [0, 0.1) is 31.6 Å². The standard InChI is InChI=1S/C38H49N3O4S/c1-8-20-39(23-28-16-11-10-12-17-28)34(43)30-31-35(44)41(29(24-42)22-25(3)4)33(38(31)19-18-37(30,7)46-38)36(45)40(21-9-2)32-26(5)14-13-15-27(32)6/h8-17,25,29-31,33,42H,1-2,18-24H2,3-7H3/t29-,30+,31+,33?,37-,38?/m1/s1. The van der Waals surface area contributed by atoms with Crippen LogP contribution in [-0.2, 0) is 20.9 Å². The lowest BCUT2D eigenvalue weighted by Crippen LogP contribution is -2.58. The number of amides is 3. The fourth-order valence-corrected chi connectivity index (χ4v) is 10.8. The first-order valence-electron chi connectivity index (χ1n) is 16.5. The Bertz CT molecular complexity index is 1470. The normalized spacial score (nSPS) is 27.1. The second kappa shape index (κ2) is 13.4. The Labute approximate surface area is 278 Å². The van der Waals surface area contributed by atoms with E-state index in [9.17, 15) is 14.7 Å². The molecule has 0 saturated carbocycles. The summed E-state index contributed by atoms with van der Waals surface area (Å²) in [6.45, 7) is 18.9. The molecule has 1 spiro atoms. The Hall–Kier alpha value is -3.36. The molecule has 2 unspecified atom stereocenters. The van der Waals surface area contributed by atoms with Gasteiger partial charge in [0.25, 0.3) is 5.91 Å². The van der Waals surface area contributed by atoms with Gasteiger partial charge in [0.1, 0.15) is 6.04 Å². The van der Waals surface area contributed by atoms with Crippen LogP contribution in [-0.4, -0.2) is 73.9 Å². The first kappa shape index (κ1) is 34.0. The summed E-state index contributed by atoms with van der Waals surface area (Å²) in [7, 11) is 0. The van der Waals surface area contributed by atoms with Gasteiger partial charge in [-0.2, -0.15) is 0 Å². The van der Waals surface area contributed by atoms with Gasteiger partial charge >= 0.3 is 0 Å². The molecular weight excluding hydrogens is 595 g/mol. The van der Waals surface area contributed by atoms with Gasteiger partial charge in [0.2, 0.25) is 11.8 Å². The molecule has 3 amide bonds. The summed E-state index contributed by atoms with van der Waals surface area (Å²) >= 11 is 1.67. The Kier molecular flexibility index (Phi) is 9.90. The minimum atomic E-state index is -0.827. The highest BCUT2D eigenvalue weighted by molar-refractivity contribution is 8.02. The molecule has 0 aliphatic carbocycles. The zero-order valence-electron chi connectivity index (χ0n) is 27.9. The highest BCUT2D eigenvalue weighted by atomic mass is 32.2. The average molecular weight is 644 g/mol. The van der Waals surface area contributed by atoms with Crippen LogP contribution in [0.1, 0.15) is 56.7 Å². The summed E-state index contributed by atoms with van der Waals surface area (Å²) in [5.74, 6) is -1.53. The topological polar surface area (TPSA) is 81.2 Å². The highest BCUT2D eigenvalue weighted by Gasteiger charge is 2.78. The molecule has 246 valence electrons. The van der Waals surface area contributed by atoms with Crippen molar-refractivity contribution >= 4 is 35.2 Å². The van der Waals surface area contributed by atoms with Crippen LogP contribution < -0.4 is 4.90 Å². The number of likely N-dealkylation sites (tertiary alicyclic amines) is 1. The number of aryl methyl sites for hydroxylation is 2. The second-order valence-corrected chi connectivity index (χ2v) is 15.8. The smallest absolute Gasteiger partial charge is 0.251 e.